The maximum Gasteiger partial charge on any atom is 0.338 e. The lowest BCUT2D eigenvalue weighted by Crippen LogP contribution is -2.13. The smallest absolute Gasteiger partial charge is 0.338 e. The lowest BCUT2D eigenvalue weighted by atomic mass is 10.0. The van der Waals surface area contributed by atoms with Crippen molar-refractivity contribution >= 4 is 17.8 Å². The van der Waals surface area contributed by atoms with Crippen molar-refractivity contribution in [1.29, 1.82) is 0 Å². The number of aromatic nitrogens is 1. The van der Waals surface area contributed by atoms with Gasteiger partial charge >= 0.3 is 5.97 Å². The van der Waals surface area contributed by atoms with Crippen LogP contribution in [0.1, 0.15) is 56.4 Å². The molecule has 1 aromatic heterocycles. The van der Waals surface area contributed by atoms with Gasteiger partial charge < -0.3 is 14.2 Å². The monoisotopic (exact) mass is 449 g/mol. The first-order valence-electron chi connectivity index (χ1n) is 11.6. The number of aliphatic imine (C=N–C) groups is 2. The molecule has 174 valence electrons. The highest BCUT2D eigenvalue weighted by molar-refractivity contribution is 5.99. The van der Waals surface area contributed by atoms with Gasteiger partial charge in [0, 0.05) is 0 Å². The topological polar surface area (TPSA) is 82.4 Å². The summed E-state index contributed by atoms with van der Waals surface area (Å²) in [5.41, 5.74) is 3.68. The van der Waals surface area contributed by atoms with Crippen LogP contribution in [0.25, 0.3) is 11.1 Å². The maximum atomic E-state index is 12.0. The number of nitrogens with zero attached hydrogens (tertiary/aromatic N) is 3. The number of carbonyl (C=O) groups excluding carboxylic acids is 1. The molecule has 0 fully saturated rings. The quantitative estimate of drug-likeness (QED) is 0.580. The minimum Gasteiger partial charge on any atom is -0.474 e. The van der Waals surface area contributed by atoms with Crippen LogP contribution in [0, 0.1) is 11.8 Å². The predicted molar refractivity (Wildman–Crippen MR) is 128 cm³/mol. The molecular formula is C26H31N3O4. The molecule has 7 nitrogen and oxygen atoms in total. The highest BCUT2D eigenvalue weighted by atomic mass is 16.5. The normalized spacial score (nSPS) is 19.8. The minimum atomic E-state index is -0.331. The zero-order chi connectivity index (χ0) is 23.5. The van der Waals surface area contributed by atoms with E-state index in [2.05, 4.69) is 27.7 Å². The molecule has 2 atom stereocenters. The van der Waals surface area contributed by atoms with Crippen molar-refractivity contribution in [3.8, 4) is 11.1 Å². The zero-order valence-corrected chi connectivity index (χ0v) is 19.9. The van der Waals surface area contributed by atoms with E-state index < -0.39 is 0 Å². The van der Waals surface area contributed by atoms with E-state index in [1.165, 1.54) is 0 Å². The summed E-state index contributed by atoms with van der Waals surface area (Å²) in [4.78, 5) is 26.3. The van der Waals surface area contributed by atoms with E-state index in [0.29, 0.717) is 60.4 Å². The van der Waals surface area contributed by atoms with Crippen molar-refractivity contribution in [3.05, 3.63) is 53.3 Å². The zero-order valence-electron chi connectivity index (χ0n) is 19.9. The van der Waals surface area contributed by atoms with Crippen molar-refractivity contribution in [3.63, 3.8) is 0 Å². The highest BCUT2D eigenvalue weighted by Gasteiger charge is 2.27. The number of hydrogen-bond donors (Lipinski definition) is 0. The molecule has 4 rings (SSSR count). The van der Waals surface area contributed by atoms with Gasteiger partial charge in [-0.3, -0.25) is 0 Å². The van der Waals surface area contributed by atoms with Gasteiger partial charge in [-0.05, 0) is 54.2 Å². The van der Waals surface area contributed by atoms with Crippen LogP contribution < -0.4 is 0 Å². The molecule has 0 radical (unpaired) electrons. The summed E-state index contributed by atoms with van der Waals surface area (Å²) >= 11 is 0. The van der Waals surface area contributed by atoms with Crippen molar-refractivity contribution in [2.24, 2.45) is 21.8 Å². The number of hydrogen-bond acceptors (Lipinski definition) is 7. The van der Waals surface area contributed by atoms with Crippen LogP contribution in [0.15, 0.2) is 46.4 Å². The van der Waals surface area contributed by atoms with Gasteiger partial charge in [-0.1, -0.05) is 39.8 Å². The van der Waals surface area contributed by atoms with Gasteiger partial charge in [0.2, 0.25) is 11.8 Å². The Morgan fingerprint density at radius 2 is 1.42 bits per heavy atom. The van der Waals surface area contributed by atoms with Crippen LogP contribution in [0.4, 0.5) is 0 Å². The molecule has 3 heterocycles. The van der Waals surface area contributed by atoms with E-state index in [9.17, 15) is 4.79 Å². The number of ether oxygens (including phenoxy) is 3. The lowest BCUT2D eigenvalue weighted by Gasteiger charge is -2.10. The molecule has 2 aromatic rings. The summed E-state index contributed by atoms with van der Waals surface area (Å²) in [6, 6.07) is 11.5. The summed E-state index contributed by atoms with van der Waals surface area (Å²) in [5, 5.41) is 0. The van der Waals surface area contributed by atoms with E-state index in [-0.39, 0.29) is 18.1 Å². The third-order valence-corrected chi connectivity index (χ3v) is 5.88. The summed E-state index contributed by atoms with van der Waals surface area (Å²) in [7, 11) is 0. The van der Waals surface area contributed by atoms with E-state index >= 15 is 0 Å². The third kappa shape index (κ3) is 5.07. The molecule has 2 unspecified atom stereocenters. The van der Waals surface area contributed by atoms with E-state index in [1.54, 1.807) is 19.1 Å². The maximum absolute atomic E-state index is 12.0. The second-order valence-electron chi connectivity index (χ2n) is 9.04. The number of pyridine rings is 1. The van der Waals surface area contributed by atoms with Crippen LogP contribution in [0.3, 0.4) is 0 Å². The molecular weight excluding hydrogens is 418 g/mol. The minimum absolute atomic E-state index is 0.114. The average Bonchev–Trinajstić information content (AvgIpc) is 3.50. The van der Waals surface area contributed by atoms with Crippen molar-refractivity contribution in [1.82, 2.24) is 4.98 Å². The molecule has 0 bridgehead atoms. The fraction of sp³-hybridized carbons (Fsp3) is 0.462. The summed E-state index contributed by atoms with van der Waals surface area (Å²) in [6.45, 7) is 11.8. The summed E-state index contributed by atoms with van der Waals surface area (Å²) in [6.07, 6.45) is 0. The van der Waals surface area contributed by atoms with E-state index in [0.717, 1.165) is 11.1 Å². The summed E-state index contributed by atoms with van der Waals surface area (Å²) in [5.74, 6) is 1.52. The van der Waals surface area contributed by atoms with Gasteiger partial charge in [-0.25, -0.2) is 19.8 Å². The molecule has 0 spiro atoms. The Bertz CT molecular complexity index is 1020. The molecule has 7 heteroatoms. The van der Waals surface area contributed by atoms with Crippen LogP contribution >= 0.6 is 0 Å². The Morgan fingerprint density at radius 1 is 0.909 bits per heavy atom. The lowest BCUT2D eigenvalue weighted by molar-refractivity contribution is 0.0526. The van der Waals surface area contributed by atoms with Gasteiger partial charge in [-0.15, -0.1) is 0 Å². The molecule has 0 amide bonds. The Labute approximate surface area is 194 Å². The van der Waals surface area contributed by atoms with Gasteiger partial charge in [-0.2, -0.15) is 0 Å². The first kappa shape index (κ1) is 23.0. The van der Waals surface area contributed by atoms with E-state index in [1.807, 2.05) is 24.3 Å². The standard InChI is InChI=1S/C26H31N3O4/c1-6-31-26(30)18-9-7-17(8-10-18)19-11-20(24-28-22(13-32-24)15(2)3)27-21(12-19)25-29-23(14-33-25)16(4)5/h7-12,15-16,22-23H,6,13-14H2,1-5H3. The van der Waals surface area contributed by atoms with Crippen LogP contribution in [0.2, 0.25) is 0 Å². The Kier molecular flexibility index (Phi) is 6.77. The van der Waals surface area contributed by atoms with Crippen molar-refractivity contribution in [2.75, 3.05) is 19.8 Å². The largest absolute Gasteiger partial charge is 0.474 e. The molecule has 0 saturated carbocycles. The van der Waals surface area contributed by atoms with Gasteiger partial charge in [0.05, 0.1) is 24.3 Å². The predicted octanol–water partition coefficient (Wildman–Crippen LogP) is 4.53. The highest BCUT2D eigenvalue weighted by Crippen LogP contribution is 2.26. The molecule has 0 aliphatic carbocycles. The first-order chi connectivity index (χ1) is 15.9. The second-order valence-corrected chi connectivity index (χ2v) is 9.04. The molecule has 2 aliphatic heterocycles. The van der Waals surface area contributed by atoms with Crippen LogP contribution in [0.5, 0.6) is 0 Å². The molecule has 33 heavy (non-hydrogen) atoms. The number of benzene rings is 1. The van der Waals surface area contributed by atoms with E-state index in [4.69, 9.17) is 29.2 Å². The van der Waals surface area contributed by atoms with Crippen molar-refractivity contribution < 1.29 is 19.0 Å². The second kappa shape index (κ2) is 9.73. The summed E-state index contributed by atoms with van der Waals surface area (Å²) < 4.78 is 16.9. The fourth-order valence-corrected chi connectivity index (χ4v) is 3.67. The third-order valence-electron chi connectivity index (χ3n) is 5.88. The molecule has 2 aliphatic rings. The van der Waals surface area contributed by atoms with Crippen LogP contribution in [-0.4, -0.2) is 54.7 Å². The van der Waals surface area contributed by atoms with Crippen molar-refractivity contribution in [2.45, 2.75) is 46.7 Å². The Balaban J connectivity index is 1.73. The molecule has 0 saturated heterocycles. The Hall–Kier alpha value is -3.22. The van der Waals surface area contributed by atoms with Crippen LogP contribution in [-0.2, 0) is 14.2 Å². The van der Waals surface area contributed by atoms with Gasteiger partial charge in [0.1, 0.15) is 24.6 Å². The van der Waals surface area contributed by atoms with Gasteiger partial charge in [0.25, 0.3) is 0 Å². The average molecular weight is 450 g/mol. The fourth-order valence-electron chi connectivity index (χ4n) is 3.67. The number of esters is 1. The Morgan fingerprint density at radius 3 is 1.85 bits per heavy atom. The SMILES string of the molecule is CCOC(=O)c1ccc(-c2cc(C3=NC(C(C)C)CO3)nc(C3=NC(C(C)C)CO3)c2)cc1. The first-order valence-corrected chi connectivity index (χ1v) is 11.6. The number of carbonyl (C=O) groups is 1. The number of rotatable bonds is 7. The van der Waals surface area contributed by atoms with Gasteiger partial charge in [0.15, 0.2) is 0 Å². The molecule has 0 N–H and O–H groups in total. The molecule has 1 aromatic carbocycles.